The number of rotatable bonds is 4. The number of alkyl halides is 3. The van der Waals surface area contributed by atoms with E-state index in [1.165, 1.54) is 17.2 Å². The molecule has 0 unspecified atom stereocenters. The molecule has 0 spiro atoms. The lowest BCUT2D eigenvalue weighted by Crippen LogP contribution is -2.17. The molecule has 0 saturated carbocycles. The SMILES string of the molecule is N#CC(C#N)=CN(Cc1ccccc1)c1ccc(Cl)c(C(F)(F)F)c1. The number of anilines is 1. The average molecular weight is 362 g/mol. The van der Waals surface area contributed by atoms with Gasteiger partial charge in [-0.15, -0.1) is 0 Å². The highest BCUT2D eigenvalue weighted by atomic mass is 35.5. The van der Waals surface area contributed by atoms with Crippen molar-refractivity contribution in [3.8, 4) is 12.1 Å². The van der Waals surface area contributed by atoms with Gasteiger partial charge in [-0.05, 0) is 23.8 Å². The predicted octanol–water partition coefficient (Wildman–Crippen LogP) is 5.30. The number of halogens is 4. The average Bonchev–Trinajstić information content (AvgIpc) is 2.59. The quantitative estimate of drug-likeness (QED) is 0.694. The molecule has 0 aliphatic heterocycles. The third-order valence-corrected chi connectivity index (χ3v) is 3.64. The van der Waals surface area contributed by atoms with Crippen molar-refractivity contribution in [1.82, 2.24) is 0 Å². The number of hydrogen-bond acceptors (Lipinski definition) is 3. The van der Waals surface area contributed by atoms with Crippen LogP contribution in [0.15, 0.2) is 60.3 Å². The van der Waals surface area contributed by atoms with Crippen molar-refractivity contribution in [1.29, 1.82) is 10.5 Å². The molecule has 0 fully saturated rings. The van der Waals surface area contributed by atoms with Crippen LogP contribution >= 0.6 is 11.6 Å². The summed E-state index contributed by atoms with van der Waals surface area (Å²) in [5.41, 5.74) is -0.228. The molecule has 3 nitrogen and oxygen atoms in total. The molecule has 2 aromatic carbocycles. The highest BCUT2D eigenvalue weighted by molar-refractivity contribution is 6.31. The lowest BCUT2D eigenvalue weighted by atomic mass is 10.1. The van der Waals surface area contributed by atoms with Crippen LogP contribution in [-0.2, 0) is 12.7 Å². The van der Waals surface area contributed by atoms with E-state index >= 15 is 0 Å². The number of hydrogen-bond donors (Lipinski definition) is 0. The third kappa shape index (κ3) is 4.76. The van der Waals surface area contributed by atoms with E-state index in [1.807, 2.05) is 6.07 Å². The smallest absolute Gasteiger partial charge is 0.341 e. The molecule has 0 saturated heterocycles. The second-order valence-electron chi connectivity index (χ2n) is 5.04. The monoisotopic (exact) mass is 361 g/mol. The Morgan fingerprint density at radius 2 is 1.72 bits per heavy atom. The van der Waals surface area contributed by atoms with E-state index in [4.69, 9.17) is 22.1 Å². The van der Waals surface area contributed by atoms with Crippen molar-refractivity contribution in [3.63, 3.8) is 0 Å². The van der Waals surface area contributed by atoms with Crippen molar-refractivity contribution in [3.05, 3.63) is 76.5 Å². The molecule has 0 N–H and O–H groups in total. The first-order valence-corrected chi connectivity index (χ1v) is 7.42. The molecule has 0 atom stereocenters. The van der Waals surface area contributed by atoms with Crippen molar-refractivity contribution >= 4 is 17.3 Å². The fourth-order valence-corrected chi connectivity index (χ4v) is 2.36. The number of nitrogens with zero attached hydrogens (tertiary/aromatic N) is 3. The maximum Gasteiger partial charge on any atom is 0.417 e. The zero-order chi connectivity index (χ0) is 18.4. The summed E-state index contributed by atoms with van der Waals surface area (Å²) < 4.78 is 39.3. The normalized spacial score (nSPS) is 10.5. The van der Waals surface area contributed by atoms with E-state index in [-0.39, 0.29) is 17.8 Å². The number of nitriles is 2. The lowest BCUT2D eigenvalue weighted by molar-refractivity contribution is -0.137. The van der Waals surface area contributed by atoms with Crippen LogP contribution in [0.3, 0.4) is 0 Å². The van der Waals surface area contributed by atoms with Gasteiger partial charge in [-0.1, -0.05) is 41.9 Å². The van der Waals surface area contributed by atoms with E-state index in [9.17, 15) is 13.2 Å². The van der Waals surface area contributed by atoms with E-state index in [2.05, 4.69) is 0 Å². The minimum absolute atomic E-state index is 0.170. The van der Waals surface area contributed by atoms with E-state index in [1.54, 1.807) is 36.4 Å². The van der Waals surface area contributed by atoms with E-state index in [0.29, 0.717) is 0 Å². The second kappa shape index (κ2) is 7.74. The van der Waals surface area contributed by atoms with Gasteiger partial charge < -0.3 is 4.90 Å². The van der Waals surface area contributed by atoms with Crippen molar-refractivity contribution in [2.24, 2.45) is 0 Å². The van der Waals surface area contributed by atoms with Gasteiger partial charge in [0.2, 0.25) is 0 Å². The molecule has 0 heterocycles. The molecular formula is C18H11ClF3N3. The molecule has 0 bridgehead atoms. The third-order valence-electron chi connectivity index (χ3n) is 3.31. The summed E-state index contributed by atoms with van der Waals surface area (Å²) in [4.78, 5) is 1.41. The summed E-state index contributed by atoms with van der Waals surface area (Å²) in [5, 5.41) is 17.5. The molecule has 0 aromatic heterocycles. The molecule has 0 radical (unpaired) electrons. The Labute approximate surface area is 147 Å². The first-order chi connectivity index (χ1) is 11.8. The van der Waals surface area contributed by atoms with Crippen molar-refractivity contribution in [2.45, 2.75) is 12.7 Å². The van der Waals surface area contributed by atoms with Gasteiger partial charge >= 0.3 is 6.18 Å². The highest BCUT2D eigenvalue weighted by Crippen LogP contribution is 2.37. The summed E-state index contributed by atoms with van der Waals surface area (Å²) in [6, 6.07) is 15.8. The summed E-state index contributed by atoms with van der Waals surface area (Å²) in [5.74, 6) is 0. The largest absolute Gasteiger partial charge is 0.417 e. The van der Waals surface area contributed by atoms with Gasteiger partial charge in [-0.2, -0.15) is 23.7 Å². The maximum atomic E-state index is 13.1. The Hall–Kier alpha value is -2.96. The van der Waals surface area contributed by atoms with Crippen LogP contribution in [0.25, 0.3) is 0 Å². The first kappa shape index (κ1) is 18.4. The Bertz CT molecular complexity index is 846. The van der Waals surface area contributed by atoms with Gasteiger partial charge in [0.1, 0.15) is 17.7 Å². The summed E-state index contributed by atoms with van der Waals surface area (Å²) in [6.07, 6.45) is -3.39. The lowest BCUT2D eigenvalue weighted by Gasteiger charge is -2.22. The van der Waals surface area contributed by atoms with Crippen LogP contribution in [0.1, 0.15) is 11.1 Å². The standard InChI is InChI=1S/C18H11ClF3N3/c19-17-7-6-15(8-16(17)18(20,21)22)25(12-14(9-23)10-24)11-13-4-2-1-3-5-13/h1-8,12H,11H2. The molecule has 2 rings (SSSR count). The molecule has 7 heteroatoms. The Morgan fingerprint density at radius 3 is 2.28 bits per heavy atom. The van der Waals surface area contributed by atoms with Gasteiger partial charge in [0, 0.05) is 18.4 Å². The van der Waals surface area contributed by atoms with Crippen LogP contribution in [0.5, 0.6) is 0 Å². The Balaban J connectivity index is 2.51. The summed E-state index contributed by atoms with van der Waals surface area (Å²) in [6.45, 7) is 0.187. The van der Waals surface area contributed by atoms with Crippen molar-refractivity contribution in [2.75, 3.05) is 4.90 Å². The minimum atomic E-state index is -4.61. The number of allylic oxidation sites excluding steroid dienone is 1. The van der Waals surface area contributed by atoms with E-state index in [0.717, 1.165) is 17.7 Å². The summed E-state index contributed by atoms with van der Waals surface area (Å²) >= 11 is 5.65. The molecule has 0 amide bonds. The van der Waals surface area contributed by atoms with Crippen molar-refractivity contribution < 1.29 is 13.2 Å². The van der Waals surface area contributed by atoms with Gasteiger partial charge in [0.15, 0.2) is 0 Å². The van der Waals surface area contributed by atoms with Gasteiger partial charge in [0.25, 0.3) is 0 Å². The van der Waals surface area contributed by atoms with Gasteiger partial charge in [0.05, 0.1) is 10.6 Å². The molecule has 126 valence electrons. The van der Waals surface area contributed by atoms with E-state index < -0.39 is 16.8 Å². The van der Waals surface area contributed by atoms with Crippen LogP contribution in [0, 0.1) is 22.7 Å². The van der Waals surface area contributed by atoms with Crippen LogP contribution < -0.4 is 4.90 Å². The zero-order valence-corrected chi connectivity index (χ0v) is 13.5. The summed E-state index contributed by atoms with van der Waals surface area (Å²) in [7, 11) is 0. The molecular weight excluding hydrogens is 351 g/mol. The zero-order valence-electron chi connectivity index (χ0n) is 12.8. The Kier molecular flexibility index (Phi) is 5.69. The minimum Gasteiger partial charge on any atom is -0.341 e. The van der Waals surface area contributed by atoms with Crippen LogP contribution in [-0.4, -0.2) is 0 Å². The fraction of sp³-hybridized carbons (Fsp3) is 0.111. The fourth-order valence-electron chi connectivity index (χ4n) is 2.14. The second-order valence-corrected chi connectivity index (χ2v) is 5.45. The molecule has 25 heavy (non-hydrogen) atoms. The maximum absolute atomic E-state index is 13.1. The predicted molar refractivity (Wildman–Crippen MR) is 88.4 cm³/mol. The highest BCUT2D eigenvalue weighted by Gasteiger charge is 2.33. The molecule has 0 aliphatic carbocycles. The Morgan fingerprint density at radius 1 is 1.08 bits per heavy atom. The first-order valence-electron chi connectivity index (χ1n) is 7.04. The van der Waals surface area contributed by atoms with Gasteiger partial charge in [-0.25, -0.2) is 0 Å². The topological polar surface area (TPSA) is 50.8 Å². The molecule has 2 aromatic rings. The van der Waals surface area contributed by atoms with Gasteiger partial charge in [-0.3, -0.25) is 0 Å². The van der Waals surface area contributed by atoms with Crippen LogP contribution in [0.4, 0.5) is 18.9 Å². The van der Waals surface area contributed by atoms with Crippen LogP contribution in [0.2, 0.25) is 5.02 Å². The number of benzene rings is 2. The molecule has 0 aliphatic rings.